The molecule has 2 rings (SSSR count). The molecule has 1 N–H and O–H groups in total. The summed E-state index contributed by atoms with van der Waals surface area (Å²) >= 11 is 0. The van der Waals surface area contributed by atoms with Gasteiger partial charge < -0.3 is 5.32 Å². The van der Waals surface area contributed by atoms with Crippen LogP contribution in [0.4, 0.5) is 8.78 Å². The van der Waals surface area contributed by atoms with Crippen LogP contribution >= 0.6 is 0 Å². The van der Waals surface area contributed by atoms with Crippen molar-refractivity contribution in [1.29, 1.82) is 0 Å². The van der Waals surface area contributed by atoms with Gasteiger partial charge in [-0.15, -0.1) is 0 Å². The van der Waals surface area contributed by atoms with E-state index in [2.05, 4.69) is 11.9 Å². The Labute approximate surface area is 110 Å². The molecule has 0 aliphatic carbocycles. The van der Waals surface area contributed by atoms with E-state index >= 15 is 0 Å². The number of carbonyl (C=O) groups excluding carboxylic acids is 1. The number of nitrogens with one attached hydrogen (secondary N) is 1. The van der Waals surface area contributed by atoms with E-state index in [-0.39, 0.29) is 18.0 Å². The van der Waals surface area contributed by atoms with Gasteiger partial charge in [0.2, 0.25) is 5.91 Å². The summed E-state index contributed by atoms with van der Waals surface area (Å²) < 4.78 is 26.3. The summed E-state index contributed by atoms with van der Waals surface area (Å²) in [5.41, 5.74) is 0.660. The molecule has 0 spiro atoms. The van der Waals surface area contributed by atoms with Crippen LogP contribution in [0.25, 0.3) is 0 Å². The average molecular weight is 266 g/mol. The van der Waals surface area contributed by atoms with Gasteiger partial charge in [0.1, 0.15) is 0 Å². The van der Waals surface area contributed by atoms with Crippen LogP contribution < -0.4 is 5.32 Å². The Morgan fingerprint density at radius 3 is 2.84 bits per heavy atom. The SMILES string of the molecule is C=CC(=O)NC1CCN(C)C1c1ccc(F)c(F)c1. The van der Waals surface area contributed by atoms with Gasteiger partial charge in [0.15, 0.2) is 11.6 Å². The Morgan fingerprint density at radius 2 is 2.21 bits per heavy atom. The minimum Gasteiger partial charge on any atom is -0.348 e. The first kappa shape index (κ1) is 13.7. The molecule has 1 amide bonds. The second-order valence-corrected chi connectivity index (χ2v) is 4.71. The number of amides is 1. The van der Waals surface area contributed by atoms with E-state index in [4.69, 9.17) is 0 Å². The first-order valence-electron chi connectivity index (χ1n) is 6.11. The number of rotatable bonds is 3. The van der Waals surface area contributed by atoms with Gasteiger partial charge in [0.05, 0.1) is 12.1 Å². The van der Waals surface area contributed by atoms with E-state index in [0.29, 0.717) is 5.56 Å². The van der Waals surface area contributed by atoms with Gasteiger partial charge >= 0.3 is 0 Å². The lowest BCUT2D eigenvalue weighted by Gasteiger charge is -2.26. The van der Waals surface area contributed by atoms with E-state index in [1.54, 1.807) is 6.07 Å². The summed E-state index contributed by atoms with van der Waals surface area (Å²) in [6.07, 6.45) is 1.97. The molecule has 5 heteroatoms. The van der Waals surface area contributed by atoms with Gasteiger partial charge in [-0.2, -0.15) is 0 Å². The van der Waals surface area contributed by atoms with Crippen molar-refractivity contribution in [2.75, 3.05) is 13.6 Å². The number of hydrogen-bond acceptors (Lipinski definition) is 2. The Bertz CT molecular complexity index is 504. The smallest absolute Gasteiger partial charge is 0.243 e. The maximum atomic E-state index is 13.3. The van der Waals surface area contributed by atoms with E-state index < -0.39 is 11.6 Å². The molecule has 19 heavy (non-hydrogen) atoms. The molecule has 1 aliphatic heterocycles. The van der Waals surface area contributed by atoms with Gasteiger partial charge in [0, 0.05) is 6.54 Å². The Kier molecular flexibility index (Phi) is 3.95. The molecule has 1 aromatic rings. The minimum absolute atomic E-state index is 0.125. The molecule has 0 bridgehead atoms. The van der Waals surface area contributed by atoms with E-state index in [9.17, 15) is 13.6 Å². The number of benzene rings is 1. The third kappa shape index (κ3) is 2.81. The van der Waals surface area contributed by atoms with Crippen LogP contribution in [0.3, 0.4) is 0 Å². The van der Waals surface area contributed by atoms with Crippen molar-refractivity contribution in [1.82, 2.24) is 10.2 Å². The molecule has 0 aromatic heterocycles. The van der Waals surface area contributed by atoms with Crippen molar-refractivity contribution < 1.29 is 13.6 Å². The van der Waals surface area contributed by atoms with Crippen molar-refractivity contribution in [3.8, 4) is 0 Å². The van der Waals surface area contributed by atoms with Crippen molar-refractivity contribution in [2.24, 2.45) is 0 Å². The maximum Gasteiger partial charge on any atom is 0.243 e. The minimum atomic E-state index is -0.869. The summed E-state index contributed by atoms with van der Waals surface area (Å²) in [5.74, 6) is -1.99. The van der Waals surface area contributed by atoms with Crippen LogP contribution in [0.2, 0.25) is 0 Å². The molecule has 2 atom stereocenters. The maximum absolute atomic E-state index is 13.3. The van der Waals surface area contributed by atoms with Gasteiger partial charge in [-0.1, -0.05) is 12.6 Å². The summed E-state index contributed by atoms with van der Waals surface area (Å²) in [6.45, 7) is 4.19. The summed E-state index contributed by atoms with van der Waals surface area (Å²) in [5, 5.41) is 2.83. The number of likely N-dealkylation sites (tertiary alicyclic amines) is 1. The largest absolute Gasteiger partial charge is 0.348 e. The van der Waals surface area contributed by atoms with E-state index in [0.717, 1.165) is 19.0 Å². The molecular formula is C14H16F2N2O. The molecule has 1 aliphatic rings. The lowest BCUT2D eigenvalue weighted by molar-refractivity contribution is -0.117. The quantitative estimate of drug-likeness (QED) is 0.849. The lowest BCUT2D eigenvalue weighted by Crippen LogP contribution is -2.38. The van der Waals surface area contributed by atoms with Crippen LogP contribution in [0, 0.1) is 11.6 Å². The second kappa shape index (κ2) is 5.48. The van der Waals surface area contributed by atoms with Gasteiger partial charge in [-0.25, -0.2) is 8.78 Å². The number of carbonyl (C=O) groups is 1. The molecule has 1 saturated heterocycles. The van der Waals surface area contributed by atoms with Gasteiger partial charge in [0.25, 0.3) is 0 Å². The van der Waals surface area contributed by atoms with Crippen LogP contribution in [-0.4, -0.2) is 30.4 Å². The topological polar surface area (TPSA) is 32.3 Å². The number of nitrogens with zero attached hydrogens (tertiary/aromatic N) is 1. The fourth-order valence-corrected chi connectivity index (χ4v) is 2.52. The first-order chi connectivity index (χ1) is 9.02. The van der Waals surface area contributed by atoms with Crippen LogP contribution in [0.5, 0.6) is 0 Å². The number of hydrogen-bond donors (Lipinski definition) is 1. The van der Waals surface area contributed by atoms with Crippen molar-refractivity contribution in [3.63, 3.8) is 0 Å². The third-order valence-electron chi connectivity index (χ3n) is 3.45. The van der Waals surface area contributed by atoms with E-state index in [1.165, 1.54) is 12.1 Å². The zero-order chi connectivity index (χ0) is 14.0. The van der Waals surface area contributed by atoms with Crippen LogP contribution in [0.1, 0.15) is 18.0 Å². The molecule has 2 unspecified atom stereocenters. The van der Waals surface area contributed by atoms with Crippen molar-refractivity contribution in [2.45, 2.75) is 18.5 Å². The summed E-state index contributed by atoms with van der Waals surface area (Å²) in [4.78, 5) is 13.4. The zero-order valence-electron chi connectivity index (χ0n) is 10.7. The average Bonchev–Trinajstić information content (AvgIpc) is 2.74. The van der Waals surface area contributed by atoms with Crippen LogP contribution in [0.15, 0.2) is 30.9 Å². The molecule has 0 saturated carbocycles. The Balaban J connectivity index is 2.25. The highest BCUT2D eigenvalue weighted by atomic mass is 19.2. The molecule has 102 valence electrons. The standard InChI is InChI=1S/C14H16F2N2O/c1-3-13(19)17-12-6-7-18(2)14(12)9-4-5-10(15)11(16)8-9/h3-5,8,12,14H,1,6-7H2,2H3,(H,17,19). The second-order valence-electron chi connectivity index (χ2n) is 4.71. The normalized spacial score (nSPS) is 23.3. The van der Waals surface area contributed by atoms with Crippen molar-refractivity contribution >= 4 is 5.91 Å². The number of likely N-dealkylation sites (N-methyl/N-ethyl adjacent to an activating group) is 1. The fraction of sp³-hybridized carbons (Fsp3) is 0.357. The molecule has 1 aromatic carbocycles. The molecule has 1 fully saturated rings. The molecule has 0 radical (unpaired) electrons. The van der Waals surface area contributed by atoms with Crippen LogP contribution in [-0.2, 0) is 4.79 Å². The molecular weight excluding hydrogens is 250 g/mol. The lowest BCUT2D eigenvalue weighted by atomic mass is 10.00. The third-order valence-corrected chi connectivity index (χ3v) is 3.45. The fourth-order valence-electron chi connectivity index (χ4n) is 2.52. The highest BCUT2D eigenvalue weighted by molar-refractivity contribution is 5.87. The predicted octanol–water partition coefficient (Wildman–Crippen LogP) is 2.01. The van der Waals surface area contributed by atoms with Gasteiger partial charge in [-0.05, 0) is 37.2 Å². The Hall–Kier alpha value is -1.75. The first-order valence-corrected chi connectivity index (χ1v) is 6.11. The summed E-state index contributed by atoms with van der Waals surface area (Å²) in [7, 11) is 1.89. The highest BCUT2D eigenvalue weighted by Gasteiger charge is 2.34. The predicted molar refractivity (Wildman–Crippen MR) is 68.5 cm³/mol. The molecule has 1 heterocycles. The van der Waals surface area contributed by atoms with E-state index in [1.807, 2.05) is 11.9 Å². The highest BCUT2D eigenvalue weighted by Crippen LogP contribution is 2.31. The summed E-state index contributed by atoms with van der Waals surface area (Å²) in [6, 6.07) is 3.58. The van der Waals surface area contributed by atoms with Crippen molar-refractivity contribution in [3.05, 3.63) is 48.1 Å². The number of halogens is 2. The monoisotopic (exact) mass is 266 g/mol. The zero-order valence-corrected chi connectivity index (χ0v) is 10.7. The molecule has 3 nitrogen and oxygen atoms in total. The van der Waals surface area contributed by atoms with Gasteiger partial charge in [-0.3, -0.25) is 9.69 Å². The Morgan fingerprint density at radius 1 is 1.47 bits per heavy atom.